The van der Waals surface area contributed by atoms with Crippen LogP contribution in [0.25, 0.3) is 11.1 Å². The van der Waals surface area contributed by atoms with Crippen molar-refractivity contribution in [3.8, 4) is 11.1 Å². The maximum absolute atomic E-state index is 13.6. The molecule has 3 aromatic rings. The van der Waals surface area contributed by atoms with Gasteiger partial charge in [-0.3, -0.25) is 9.48 Å². The zero-order valence-electron chi connectivity index (χ0n) is 16.0. The molecule has 1 amide bonds. The van der Waals surface area contributed by atoms with Crippen LogP contribution in [0, 0.1) is 5.92 Å². The SMILES string of the molecule is Cn1cc([C@H]2CNC[C@@H]2C(=O)N2Cc3ccccc3-c3ccccc3C2)cn1. The molecule has 2 aromatic carbocycles. The highest BCUT2D eigenvalue weighted by Crippen LogP contribution is 2.35. The van der Waals surface area contributed by atoms with E-state index in [9.17, 15) is 4.79 Å². The van der Waals surface area contributed by atoms with Gasteiger partial charge in [-0.2, -0.15) is 5.10 Å². The van der Waals surface area contributed by atoms with Gasteiger partial charge in [-0.15, -0.1) is 0 Å². The zero-order valence-corrected chi connectivity index (χ0v) is 16.0. The van der Waals surface area contributed by atoms with Gasteiger partial charge in [-0.1, -0.05) is 48.5 Å². The molecule has 0 spiro atoms. The van der Waals surface area contributed by atoms with E-state index in [0.717, 1.165) is 18.7 Å². The van der Waals surface area contributed by atoms with E-state index < -0.39 is 0 Å². The lowest BCUT2D eigenvalue weighted by molar-refractivity contribution is -0.136. The van der Waals surface area contributed by atoms with Gasteiger partial charge < -0.3 is 10.2 Å². The number of carbonyl (C=O) groups is 1. The van der Waals surface area contributed by atoms with Crippen LogP contribution in [0.4, 0.5) is 0 Å². The van der Waals surface area contributed by atoms with Crippen molar-refractivity contribution in [1.29, 1.82) is 0 Å². The molecule has 5 heteroatoms. The predicted molar refractivity (Wildman–Crippen MR) is 108 cm³/mol. The minimum atomic E-state index is -0.0541. The van der Waals surface area contributed by atoms with Crippen molar-refractivity contribution in [3.05, 3.63) is 77.6 Å². The Hall–Kier alpha value is -2.92. The van der Waals surface area contributed by atoms with Crippen LogP contribution in [-0.2, 0) is 24.9 Å². The third-order valence-electron chi connectivity index (χ3n) is 6.04. The Morgan fingerprint density at radius 3 is 2.25 bits per heavy atom. The number of hydrogen-bond donors (Lipinski definition) is 1. The van der Waals surface area contributed by atoms with Gasteiger partial charge >= 0.3 is 0 Å². The largest absolute Gasteiger partial charge is 0.334 e. The third-order valence-corrected chi connectivity index (χ3v) is 6.04. The maximum atomic E-state index is 13.6. The quantitative estimate of drug-likeness (QED) is 0.753. The molecule has 142 valence electrons. The number of aryl methyl sites for hydroxylation is 1. The van der Waals surface area contributed by atoms with Gasteiger partial charge in [0.2, 0.25) is 5.91 Å². The van der Waals surface area contributed by atoms with Crippen LogP contribution in [0.3, 0.4) is 0 Å². The lowest BCUT2D eigenvalue weighted by Crippen LogP contribution is -2.37. The second-order valence-electron chi connectivity index (χ2n) is 7.83. The number of carbonyl (C=O) groups excluding carboxylic acids is 1. The Bertz CT molecular complexity index is 977. The summed E-state index contributed by atoms with van der Waals surface area (Å²) in [6.45, 7) is 2.85. The first-order valence-electron chi connectivity index (χ1n) is 9.85. The average molecular weight is 372 g/mol. The van der Waals surface area contributed by atoms with Gasteiger partial charge in [-0.05, 0) is 27.8 Å². The normalized spacial score (nSPS) is 21.1. The van der Waals surface area contributed by atoms with Crippen LogP contribution in [0.5, 0.6) is 0 Å². The predicted octanol–water partition coefficient (Wildman–Crippen LogP) is 2.93. The van der Waals surface area contributed by atoms with E-state index in [2.05, 4.69) is 58.9 Å². The van der Waals surface area contributed by atoms with Gasteiger partial charge in [-0.25, -0.2) is 0 Å². The second kappa shape index (κ2) is 6.91. The lowest BCUT2D eigenvalue weighted by atomic mass is 9.89. The summed E-state index contributed by atoms with van der Waals surface area (Å²) < 4.78 is 1.81. The molecule has 5 rings (SSSR count). The molecule has 0 saturated carbocycles. The number of benzene rings is 2. The molecule has 1 N–H and O–H groups in total. The van der Waals surface area contributed by atoms with Crippen LogP contribution < -0.4 is 5.32 Å². The summed E-state index contributed by atoms with van der Waals surface area (Å²) in [7, 11) is 1.92. The smallest absolute Gasteiger partial charge is 0.228 e. The van der Waals surface area contributed by atoms with E-state index in [1.54, 1.807) is 0 Å². The van der Waals surface area contributed by atoms with Crippen molar-refractivity contribution in [1.82, 2.24) is 20.0 Å². The molecule has 0 unspecified atom stereocenters. The number of aromatic nitrogens is 2. The summed E-state index contributed by atoms with van der Waals surface area (Å²) in [4.78, 5) is 15.7. The summed E-state index contributed by atoms with van der Waals surface area (Å²) in [5, 5.41) is 7.73. The van der Waals surface area contributed by atoms with Gasteiger partial charge in [0.05, 0.1) is 12.1 Å². The third kappa shape index (κ3) is 2.92. The Labute approximate surface area is 165 Å². The van der Waals surface area contributed by atoms with Gasteiger partial charge in [0.15, 0.2) is 0 Å². The van der Waals surface area contributed by atoms with E-state index in [-0.39, 0.29) is 17.7 Å². The van der Waals surface area contributed by atoms with Crippen LogP contribution in [0.2, 0.25) is 0 Å². The van der Waals surface area contributed by atoms with E-state index in [1.807, 2.05) is 29.0 Å². The first kappa shape index (κ1) is 17.2. The highest BCUT2D eigenvalue weighted by molar-refractivity contribution is 5.82. The molecular formula is C23H24N4O. The molecule has 2 aliphatic rings. The minimum absolute atomic E-state index is 0.0541. The van der Waals surface area contributed by atoms with E-state index in [0.29, 0.717) is 13.1 Å². The lowest BCUT2D eigenvalue weighted by Gasteiger charge is -2.27. The molecule has 5 nitrogen and oxygen atoms in total. The molecule has 28 heavy (non-hydrogen) atoms. The van der Waals surface area contributed by atoms with E-state index >= 15 is 0 Å². The van der Waals surface area contributed by atoms with Crippen molar-refractivity contribution in [2.45, 2.75) is 19.0 Å². The molecule has 0 bridgehead atoms. The molecular weight excluding hydrogens is 348 g/mol. The number of fused-ring (bicyclic) bond motifs is 3. The first-order chi connectivity index (χ1) is 13.7. The molecule has 2 atom stereocenters. The monoisotopic (exact) mass is 372 g/mol. The summed E-state index contributed by atoms with van der Waals surface area (Å²) in [6.07, 6.45) is 3.93. The minimum Gasteiger partial charge on any atom is -0.334 e. The number of nitrogens with zero attached hydrogens (tertiary/aromatic N) is 3. The van der Waals surface area contributed by atoms with Gasteiger partial charge in [0.1, 0.15) is 0 Å². The van der Waals surface area contributed by atoms with Crippen molar-refractivity contribution in [3.63, 3.8) is 0 Å². The fourth-order valence-corrected chi connectivity index (χ4v) is 4.62. The highest BCUT2D eigenvalue weighted by Gasteiger charge is 2.37. The molecule has 2 aliphatic heterocycles. The first-order valence-corrected chi connectivity index (χ1v) is 9.85. The molecule has 0 aliphatic carbocycles. The summed E-state index contributed by atoms with van der Waals surface area (Å²) in [5.41, 5.74) is 6.04. The van der Waals surface area contributed by atoms with Crippen molar-refractivity contribution >= 4 is 5.91 Å². The maximum Gasteiger partial charge on any atom is 0.228 e. The van der Waals surface area contributed by atoms with Crippen molar-refractivity contribution in [2.24, 2.45) is 13.0 Å². The Morgan fingerprint density at radius 1 is 1.00 bits per heavy atom. The fourth-order valence-electron chi connectivity index (χ4n) is 4.62. The molecule has 1 saturated heterocycles. The molecule has 3 heterocycles. The fraction of sp³-hybridized carbons (Fsp3) is 0.304. The number of hydrogen-bond acceptors (Lipinski definition) is 3. The standard InChI is InChI=1S/C23H24N4O/c1-26-13-18(10-25-26)21-11-24-12-22(21)23(28)27-14-16-6-2-4-8-19(16)20-9-5-3-7-17(20)15-27/h2-10,13,21-22,24H,11-12,14-15H2,1H3/t21-,22+/m1/s1. The number of amides is 1. The topological polar surface area (TPSA) is 50.2 Å². The Balaban J connectivity index is 1.49. The molecule has 1 aromatic heterocycles. The second-order valence-corrected chi connectivity index (χ2v) is 7.83. The molecule has 1 fully saturated rings. The number of rotatable bonds is 2. The average Bonchev–Trinajstić information content (AvgIpc) is 3.33. The highest BCUT2D eigenvalue weighted by atomic mass is 16.2. The van der Waals surface area contributed by atoms with Gasteiger partial charge in [0, 0.05) is 45.3 Å². The van der Waals surface area contributed by atoms with E-state index in [1.165, 1.54) is 22.3 Å². The Kier molecular flexibility index (Phi) is 4.24. The molecule has 0 radical (unpaired) electrons. The van der Waals surface area contributed by atoms with Gasteiger partial charge in [0.25, 0.3) is 0 Å². The van der Waals surface area contributed by atoms with E-state index in [4.69, 9.17) is 0 Å². The van der Waals surface area contributed by atoms with Crippen LogP contribution in [0.15, 0.2) is 60.9 Å². The number of nitrogens with one attached hydrogen (secondary N) is 1. The van der Waals surface area contributed by atoms with Crippen LogP contribution >= 0.6 is 0 Å². The summed E-state index contributed by atoms with van der Waals surface area (Å²) in [6, 6.07) is 16.9. The van der Waals surface area contributed by atoms with Crippen molar-refractivity contribution in [2.75, 3.05) is 13.1 Å². The van der Waals surface area contributed by atoms with Crippen molar-refractivity contribution < 1.29 is 4.79 Å². The van der Waals surface area contributed by atoms with Crippen LogP contribution in [0.1, 0.15) is 22.6 Å². The zero-order chi connectivity index (χ0) is 19.1. The summed E-state index contributed by atoms with van der Waals surface area (Å²) in [5.74, 6) is 0.349. The van der Waals surface area contributed by atoms with Crippen LogP contribution in [-0.4, -0.2) is 33.7 Å². The Morgan fingerprint density at radius 2 is 1.64 bits per heavy atom. The summed E-state index contributed by atoms with van der Waals surface area (Å²) >= 11 is 0.